The van der Waals surface area contributed by atoms with E-state index in [0.717, 1.165) is 24.1 Å². The molecular formula is C15H21NO2. The van der Waals surface area contributed by atoms with E-state index in [1.165, 1.54) is 6.42 Å². The zero-order valence-corrected chi connectivity index (χ0v) is 10.9. The molecule has 98 valence electrons. The Morgan fingerprint density at radius 3 is 2.67 bits per heavy atom. The summed E-state index contributed by atoms with van der Waals surface area (Å²) >= 11 is 0. The quantitative estimate of drug-likeness (QED) is 0.787. The summed E-state index contributed by atoms with van der Waals surface area (Å²) in [6.45, 7) is 2.13. The van der Waals surface area contributed by atoms with E-state index >= 15 is 0 Å². The van der Waals surface area contributed by atoms with Crippen LogP contribution in [0.15, 0.2) is 24.3 Å². The number of Topliss-reactive ketones (excluding diaryl/α,β-unsaturated/α-hetero) is 1. The van der Waals surface area contributed by atoms with Crippen LogP contribution in [0.5, 0.6) is 0 Å². The second-order valence-corrected chi connectivity index (χ2v) is 4.98. The van der Waals surface area contributed by atoms with Gasteiger partial charge in [0.2, 0.25) is 0 Å². The Hall–Kier alpha value is -1.35. The third kappa shape index (κ3) is 2.91. The molecule has 2 atom stereocenters. The molecule has 3 nitrogen and oxygen atoms in total. The van der Waals surface area contributed by atoms with Gasteiger partial charge in [-0.25, -0.2) is 0 Å². The van der Waals surface area contributed by atoms with Gasteiger partial charge in [0.25, 0.3) is 0 Å². The Kier molecular flexibility index (Phi) is 4.37. The molecule has 2 N–H and O–H groups in total. The van der Waals surface area contributed by atoms with Crippen molar-refractivity contribution in [3.8, 4) is 0 Å². The highest BCUT2D eigenvalue weighted by molar-refractivity contribution is 5.96. The summed E-state index contributed by atoms with van der Waals surface area (Å²) in [6, 6.07) is 8.02. The molecular weight excluding hydrogens is 226 g/mol. The van der Waals surface area contributed by atoms with E-state index in [1.54, 1.807) is 0 Å². The van der Waals surface area contributed by atoms with Crippen LogP contribution in [-0.4, -0.2) is 23.5 Å². The van der Waals surface area contributed by atoms with Crippen LogP contribution in [0.3, 0.4) is 0 Å². The van der Waals surface area contributed by atoms with E-state index in [0.29, 0.717) is 18.4 Å². The Morgan fingerprint density at radius 2 is 2.06 bits per heavy atom. The number of aliphatic hydroxyl groups excluding tert-OH is 1. The summed E-state index contributed by atoms with van der Waals surface area (Å²) in [6.07, 6.45) is 3.93. The minimum atomic E-state index is 0.177. The lowest BCUT2D eigenvalue weighted by atomic mass is 10.0. The smallest absolute Gasteiger partial charge is 0.162 e. The molecule has 0 bridgehead atoms. The number of rotatable bonds is 5. The minimum Gasteiger partial charge on any atom is -0.396 e. The first-order chi connectivity index (χ1) is 8.74. The number of benzene rings is 1. The largest absolute Gasteiger partial charge is 0.396 e. The first-order valence-electron chi connectivity index (χ1n) is 6.75. The number of nitrogens with one attached hydrogen (secondary N) is 1. The third-order valence-corrected chi connectivity index (χ3v) is 3.77. The van der Waals surface area contributed by atoms with Gasteiger partial charge in [-0.15, -0.1) is 0 Å². The van der Waals surface area contributed by atoms with Gasteiger partial charge >= 0.3 is 0 Å². The van der Waals surface area contributed by atoms with Gasteiger partial charge < -0.3 is 10.4 Å². The molecule has 0 aliphatic heterocycles. The van der Waals surface area contributed by atoms with Crippen LogP contribution in [-0.2, 0) is 0 Å². The maximum absolute atomic E-state index is 11.5. The molecule has 18 heavy (non-hydrogen) atoms. The minimum absolute atomic E-state index is 0.177. The van der Waals surface area contributed by atoms with Gasteiger partial charge in [0.15, 0.2) is 5.78 Å². The molecule has 0 aromatic heterocycles. The monoisotopic (exact) mass is 247 g/mol. The van der Waals surface area contributed by atoms with Crippen molar-refractivity contribution in [1.82, 2.24) is 0 Å². The van der Waals surface area contributed by atoms with E-state index in [9.17, 15) is 9.90 Å². The Labute approximate surface area is 108 Å². The van der Waals surface area contributed by atoms with Crippen molar-refractivity contribution in [2.75, 3.05) is 11.9 Å². The predicted octanol–water partition coefficient (Wildman–Crippen LogP) is 2.85. The summed E-state index contributed by atoms with van der Waals surface area (Å²) in [5.41, 5.74) is 1.81. The van der Waals surface area contributed by atoms with Crippen molar-refractivity contribution in [2.45, 2.75) is 38.6 Å². The average molecular weight is 247 g/mol. The lowest BCUT2D eigenvalue weighted by Crippen LogP contribution is -2.26. The standard InChI is InChI=1S/C15H21NO2/c1-2-15(18)11-6-8-13(9-7-11)16-14-5-3-4-12(14)10-17/h6-9,12,14,16-17H,2-5,10H2,1H3. The second-order valence-electron chi connectivity index (χ2n) is 4.98. The van der Waals surface area contributed by atoms with Gasteiger partial charge in [0, 0.05) is 36.2 Å². The summed E-state index contributed by atoms with van der Waals surface area (Å²) in [5.74, 6) is 0.539. The highest BCUT2D eigenvalue weighted by Gasteiger charge is 2.26. The summed E-state index contributed by atoms with van der Waals surface area (Å²) in [7, 11) is 0. The third-order valence-electron chi connectivity index (χ3n) is 3.77. The molecule has 1 aromatic carbocycles. The normalized spacial score (nSPS) is 23.0. The fraction of sp³-hybridized carbons (Fsp3) is 0.533. The summed E-state index contributed by atoms with van der Waals surface area (Å²) in [4.78, 5) is 11.5. The fourth-order valence-corrected chi connectivity index (χ4v) is 2.62. The number of carbonyl (C=O) groups is 1. The molecule has 0 heterocycles. The molecule has 0 spiro atoms. The van der Waals surface area contributed by atoms with Crippen LogP contribution < -0.4 is 5.32 Å². The van der Waals surface area contributed by atoms with Crippen LogP contribution in [0.2, 0.25) is 0 Å². The Morgan fingerprint density at radius 1 is 1.33 bits per heavy atom. The molecule has 1 aromatic rings. The van der Waals surface area contributed by atoms with Gasteiger partial charge in [-0.05, 0) is 37.1 Å². The molecule has 0 saturated heterocycles. The molecule has 2 rings (SSSR count). The van der Waals surface area contributed by atoms with Crippen LogP contribution in [0.25, 0.3) is 0 Å². The first kappa shape index (κ1) is 13.1. The molecule has 2 unspecified atom stereocenters. The Balaban J connectivity index is 2.00. The number of hydrogen-bond acceptors (Lipinski definition) is 3. The molecule has 3 heteroatoms. The first-order valence-corrected chi connectivity index (χ1v) is 6.75. The number of anilines is 1. The van der Waals surface area contributed by atoms with Crippen molar-refractivity contribution in [3.63, 3.8) is 0 Å². The van der Waals surface area contributed by atoms with Crippen LogP contribution in [0.1, 0.15) is 43.0 Å². The van der Waals surface area contributed by atoms with Gasteiger partial charge in [-0.2, -0.15) is 0 Å². The van der Waals surface area contributed by atoms with Gasteiger partial charge in [0.05, 0.1) is 0 Å². The number of carbonyl (C=O) groups excluding carboxylic acids is 1. The molecule has 0 amide bonds. The number of hydrogen-bond donors (Lipinski definition) is 2. The highest BCUT2D eigenvalue weighted by atomic mass is 16.3. The maximum Gasteiger partial charge on any atom is 0.162 e. The van der Waals surface area contributed by atoms with Crippen molar-refractivity contribution in [1.29, 1.82) is 0 Å². The van der Waals surface area contributed by atoms with E-state index in [-0.39, 0.29) is 12.4 Å². The van der Waals surface area contributed by atoms with Gasteiger partial charge in [-0.1, -0.05) is 13.3 Å². The molecule has 0 radical (unpaired) electrons. The number of ketones is 1. The van der Waals surface area contributed by atoms with Gasteiger partial charge in [-0.3, -0.25) is 4.79 Å². The van der Waals surface area contributed by atoms with E-state index in [2.05, 4.69) is 5.32 Å². The number of aliphatic hydroxyl groups is 1. The molecule has 1 fully saturated rings. The predicted molar refractivity (Wildman–Crippen MR) is 72.9 cm³/mol. The fourth-order valence-electron chi connectivity index (χ4n) is 2.62. The highest BCUT2D eigenvalue weighted by Crippen LogP contribution is 2.28. The summed E-state index contributed by atoms with van der Waals surface area (Å²) in [5, 5.41) is 12.7. The van der Waals surface area contributed by atoms with Crippen LogP contribution in [0.4, 0.5) is 5.69 Å². The van der Waals surface area contributed by atoms with Gasteiger partial charge in [0.1, 0.15) is 0 Å². The van der Waals surface area contributed by atoms with E-state index < -0.39 is 0 Å². The zero-order valence-electron chi connectivity index (χ0n) is 10.9. The van der Waals surface area contributed by atoms with Crippen molar-refractivity contribution >= 4 is 11.5 Å². The van der Waals surface area contributed by atoms with Crippen LogP contribution in [0, 0.1) is 5.92 Å². The zero-order chi connectivity index (χ0) is 13.0. The lowest BCUT2D eigenvalue weighted by molar-refractivity contribution is 0.0988. The topological polar surface area (TPSA) is 49.3 Å². The van der Waals surface area contributed by atoms with E-state index in [1.807, 2.05) is 31.2 Å². The van der Waals surface area contributed by atoms with Crippen molar-refractivity contribution in [3.05, 3.63) is 29.8 Å². The SMILES string of the molecule is CCC(=O)c1ccc(NC2CCCC2CO)cc1. The molecule has 1 saturated carbocycles. The maximum atomic E-state index is 11.5. The van der Waals surface area contributed by atoms with Crippen molar-refractivity contribution < 1.29 is 9.90 Å². The molecule has 1 aliphatic carbocycles. The average Bonchev–Trinajstić information content (AvgIpc) is 2.86. The lowest BCUT2D eigenvalue weighted by Gasteiger charge is -2.20. The second kappa shape index (κ2) is 6.01. The van der Waals surface area contributed by atoms with E-state index in [4.69, 9.17) is 0 Å². The van der Waals surface area contributed by atoms with Crippen LogP contribution >= 0.6 is 0 Å². The van der Waals surface area contributed by atoms with Crippen molar-refractivity contribution in [2.24, 2.45) is 5.92 Å². The summed E-state index contributed by atoms with van der Waals surface area (Å²) < 4.78 is 0. The molecule has 1 aliphatic rings. The Bertz CT molecular complexity index is 399.